The number of allylic oxidation sites excluding steroid dienone is 1. The molecular weight excluding hydrogens is 202 g/mol. The summed E-state index contributed by atoms with van der Waals surface area (Å²) in [5.41, 5.74) is 2.10. The number of rotatable bonds is 4. The first-order valence-corrected chi connectivity index (χ1v) is 5.37. The van der Waals surface area contributed by atoms with Gasteiger partial charge in [-0.25, -0.2) is 0 Å². The molecule has 1 atom stereocenters. The molecule has 1 radical (unpaired) electrons. The lowest BCUT2D eigenvalue weighted by atomic mass is 9.96. The number of nitro groups is 1. The van der Waals surface area contributed by atoms with Crippen LogP contribution in [0.15, 0.2) is 30.9 Å². The van der Waals surface area contributed by atoms with E-state index in [-0.39, 0.29) is 16.5 Å². The Morgan fingerprint density at radius 2 is 2.19 bits per heavy atom. The molecule has 0 saturated heterocycles. The molecule has 1 aliphatic carbocycles. The second kappa shape index (κ2) is 4.08. The van der Waals surface area contributed by atoms with Gasteiger partial charge in [0.2, 0.25) is 0 Å². The van der Waals surface area contributed by atoms with Gasteiger partial charge in [-0.2, -0.15) is 0 Å². The van der Waals surface area contributed by atoms with Gasteiger partial charge in [0.1, 0.15) is 0 Å². The Labute approximate surface area is 94.9 Å². The van der Waals surface area contributed by atoms with Crippen molar-refractivity contribution in [2.75, 3.05) is 0 Å². The van der Waals surface area contributed by atoms with Crippen LogP contribution < -0.4 is 0 Å². The van der Waals surface area contributed by atoms with Gasteiger partial charge in [-0.05, 0) is 37.3 Å². The second-order valence-corrected chi connectivity index (χ2v) is 4.19. The van der Waals surface area contributed by atoms with Crippen molar-refractivity contribution in [3.63, 3.8) is 0 Å². The van der Waals surface area contributed by atoms with Crippen LogP contribution in [0.2, 0.25) is 0 Å². The zero-order valence-electron chi connectivity index (χ0n) is 9.06. The van der Waals surface area contributed by atoms with E-state index in [0.29, 0.717) is 5.92 Å². The normalized spacial score (nSPS) is 16.8. The molecule has 1 aromatic carbocycles. The van der Waals surface area contributed by atoms with Crippen molar-refractivity contribution in [1.29, 1.82) is 0 Å². The van der Waals surface area contributed by atoms with E-state index in [9.17, 15) is 10.1 Å². The maximum atomic E-state index is 10.9. The molecule has 0 bridgehead atoms. The summed E-state index contributed by atoms with van der Waals surface area (Å²) >= 11 is 0. The minimum absolute atomic E-state index is 0.00157. The van der Waals surface area contributed by atoms with Crippen LogP contribution in [0, 0.1) is 17.0 Å². The first-order valence-electron chi connectivity index (χ1n) is 5.37. The second-order valence-electron chi connectivity index (χ2n) is 4.19. The van der Waals surface area contributed by atoms with Crippen molar-refractivity contribution >= 4 is 5.69 Å². The van der Waals surface area contributed by atoms with Crippen LogP contribution in [0.5, 0.6) is 0 Å². The van der Waals surface area contributed by atoms with Crippen LogP contribution in [0.3, 0.4) is 0 Å². The molecule has 0 spiro atoms. The van der Waals surface area contributed by atoms with E-state index >= 15 is 0 Å². The molecule has 1 unspecified atom stereocenters. The van der Waals surface area contributed by atoms with Gasteiger partial charge in [0.25, 0.3) is 5.69 Å². The Kier molecular flexibility index (Phi) is 2.77. The molecule has 1 saturated carbocycles. The van der Waals surface area contributed by atoms with Crippen LogP contribution in [0.1, 0.15) is 35.8 Å². The Morgan fingerprint density at radius 3 is 2.69 bits per heavy atom. The van der Waals surface area contributed by atoms with Crippen molar-refractivity contribution in [1.82, 2.24) is 0 Å². The molecule has 1 fully saturated rings. The summed E-state index contributed by atoms with van der Waals surface area (Å²) in [6.45, 7) is 7.62. The summed E-state index contributed by atoms with van der Waals surface area (Å²) in [5.74, 6) is 0.371. The summed E-state index contributed by atoms with van der Waals surface area (Å²) in [6.07, 6.45) is 3.86. The lowest BCUT2D eigenvalue weighted by Gasteiger charge is -2.08. The van der Waals surface area contributed by atoms with Gasteiger partial charge in [-0.15, -0.1) is 6.58 Å². The van der Waals surface area contributed by atoms with E-state index in [2.05, 4.69) is 13.5 Å². The lowest BCUT2D eigenvalue weighted by Crippen LogP contribution is -1.97. The van der Waals surface area contributed by atoms with Gasteiger partial charge in [0.05, 0.1) is 4.92 Å². The first-order chi connectivity index (χ1) is 7.63. The monoisotopic (exact) mass is 216 g/mol. The highest BCUT2D eigenvalue weighted by Crippen LogP contribution is 2.44. The zero-order chi connectivity index (χ0) is 11.7. The molecule has 3 nitrogen and oxygen atoms in total. The maximum absolute atomic E-state index is 10.9. The highest BCUT2D eigenvalue weighted by molar-refractivity contribution is 5.48. The van der Waals surface area contributed by atoms with Crippen LogP contribution >= 0.6 is 0 Å². The van der Waals surface area contributed by atoms with E-state index in [1.807, 2.05) is 6.07 Å². The Morgan fingerprint density at radius 1 is 1.50 bits per heavy atom. The molecule has 16 heavy (non-hydrogen) atoms. The Bertz CT molecular complexity index is 436. The standard InChI is InChI=1S/C13H14NO2/c1-3-9(2)11-6-7-13(14(15)16)12(8-11)10-4-5-10/h3,6-10H,1-2,4-5H2. The Hall–Kier alpha value is -1.64. The van der Waals surface area contributed by atoms with Crippen molar-refractivity contribution in [2.45, 2.75) is 24.7 Å². The largest absolute Gasteiger partial charge is 0.272 e. The highest BCUT2D eigenvalue weighted by atomic mass is 16.6. The molecule has 3 heteroatoms. The van der Waals surface area contributed by atoms with E-state index in [1.165, 1.54) is 0 Å². The van der Waals surface area contributed by atoms with Crippen molar-refractivity contribution in [2.24, 2.45) is 0 Å². The van der Waals surface area contributed by atoms with Crippen LogP contribution in [0.25, 0.3) is 0 Å². The van der Waals surface area contributed by atoms with Gasteiger partial charge in [0.15, 0.2) is 0 Å². The number of nitro benzene ring substituents is 1. The molecule has 1 aromatic rings. The van der Waals surface area contributed by atoms with E-state index in [4.69, 9.17) is 0 Å². The van der Waals surface area contributed by atoms with Gasteiger partial charge < -0.3 is 0 Å². The number of hydrogen-bond donors (Lipinski definition) is 0. The molecule has 2 rings (SSSR count). The third-order valence-electron chi connectivity index (χ3n) is 2.98. The SMILES string of the molecule is [CH2]C(C=C)c1ccc([N+](=O)[O-])c(C2CC2)c1. The molecule has 0 aliphatic heterocycles. The minimum Gasteiger partial charge on any atom is -0.258 e. The van der Waals surface area contributed by atoms with Crippen molar-refractivity contribution in [3.05, 3.63) is 59.0 Å². The van der Waals surface area contributed by atoms with Crippen molar-refractivity contribution < 1.29 is 4.92 Å². The summed E-state index contributed by atoms with van der Waals surface area (Å²) < 4.78 is 0. The fourth-order valence-electron chi connectivity index (χ4n) is 1.83. The minimum atomic E-state index is -0.302. The third kappa shape index (κ3) is 1.98. The van der Waals surface area contributed by atoms with Crippen molar-refractivity contribution in [3.8, 4) is 0 Å². The van der Waals surface area contributed by atoms with Crippen LogP contribution in [-0.2, 0) is 0 Å². The third-order valence-corrected chi connectivity index (χ3v) is 2.98. The summed E-state index contributed by atoms with van der Waals surface area (Å²) in [7, 11) is 0. The predicted molar refractivity (Wildman–Crippen MR) is 63.4 cm³/mol. The summed E-state index contributed by atoms with van der Waals surface area (Å²) in [4.78, 5) is 10.6. The van der Waals surface area contributed by atoms with Crippen LogP contribution in [-0.4, -0.2) is 4.92 Å². The average Bonchev–Trinajstić information content (AvgIpc) is 3.10. The Balaban J connectivity index is 2.43. The first kappa shape index (κ1) is 10.9. The molecule has 83 valence electrons. The molecular formula is C13H14NO2. The number of benzene rings is 1. The zero-order valence-corrected chi connectivity index (χ0v) is 9.06. The van der Waals surface area contributed by atoms with E-state index in [1.54, 1.807) is 18.2 Å². The predicted octanol–water partition coefficient (Wildman–Crippen LogP) is 3.58. The van der Waals surface area contributed by atoms with E-state index in [0.717, 1.165) is 24.0 Å². The van der Waals surface area contributed by atoms with E-state index < -0.39 is 0 Å². The molecule has 0 aromatic heterocycles. The molecule has 1 aliphatic rings. The van der Waals surface area contributed by atoms with Gasteiger partial charge in [-0.1, -0.05) is 12.1 Å². The fraction of sp³-hybridized carbons (Fsp3) is 0.308. The molecule has 0 heterocycles. The van der Waals surface area contributed by atoms with Crippen LogP contribution in [0.4, 0.5) is 5.69 Å². The summed E-state index contributed by atoms with van der Waals surface area (Å²) in [6, 6.07) is 5.27. The lowest BCUT2D eigenvalue weighted by molar-refractivity contribution is -0.385. The number of nitrogens with zero attached hydrogens (tertiary/aromatic N) is 1. The van der Waals surface area contributed by atoms with Gasteiger partial charge in [-0.3, -0.25) is 10.1 Å². The smallest absolute Gasteiger partial charge is 0.258 e. The van der Waals surface area contributed by atoms with Gasteiger partial charge >= 0.3 is 0 Å². The van der Waals surface area contributed by atoms with Gasteiger partial charge in [0, 0.05) is 17.5 Å². The summed E-state index contributed by atoms with van der Waals surface area (Å²) in [5, 5.41) is 10.9. The topological polar surface area (TPSA) is 43.1 Å². The quantitative estimate of drug-likeness (QED) is 0.438. The molecule has 0 amide bonds. The number of hydrogen-bond acceptors (Lipinski definition) is 2. The maximum Gasteiger partial charge on any atom is 0.272 e. The molecule has 0 N–H and O–H groups in total. The highest BCUT2D eigenvalue weighted by Gasteiger charge is 2.30. The average molecular weight is 216 g/mol. The fourth-order valence-corrected chi connectivity index (χ4v) is 1.83.